The van der Waals surface area contributed by atoms with E-state index in [2.05, 4.69) is 17.1 Å². The Morgan fingerprint density at radius 2 is 1.67 bits per heavy atom. The number of hydrogen-bond donors (Lipinski definition) is 0. The topological polar surface area (TPSA) is 12.9 Å². The second kappa shape index (κ2) is 4.57. The van der Waals surface area contributed by atoms with E-state index in [1.807, 2.05) is 24.4 Å². The smallest absolute Gasteiger partial charge is 0.123 e. The van der Waals surface area contributed by atoms with E-state index in [9.17, 15) is 4.39 Å². The van der Waals surface area contributed by atoms with Crippen molar-refractivity contribution in [2.24, 2.45) is 0 Å². The Hall–Kier alpha value is -2.22. The molecule has 0 atom stereocenters. The molecule has 0 saturated carbocycles. The molecule has 18 heavy (non-hydrogen) atoms. The van der Waals surface area contributed by atoms with E-state index in [0.717, 1.165) is 23.1 Å². The molecule has 0 N–H and O–H groups in total. The third-order valence-corrected chi connectivity index (χ3v) is 3.04. The van der Waals surface area contributed by atoms with Crippen LogP contribution in [0, 0.1) is 5.82 Å². The molecule has 3 aromatic rings. The fourth-order valence-corrected chi connectivity index (χ4v) is 2.12. The van der Waals surface area contributed by atoms with E-state index in [1.165, 1.54) is 17.5 Å². The standard InChI is InChI=1S/C16H12FN/c17-14-7-5-12(6-8-14)11-16-15-4-2-1-3-13(15)9-10-18-16/h1-10H,11H2. The van der Waals surface area contributed by atoms with Gasteiger partial charge in [0, 0.05) is 18.0 Å². The zero-order valence-electron chi connectivity index (χ0n) is 9.81. The highest BCUT2D eigenvalue weighted by atomic mass is 19.1. The first-order valence-corrected chi connectivity index (χ1v) is 5.90. The molecule has 1 heterocycles. The maximum absolute atomic E-state index is 12.9. The van der Waals surface area contributed by atoms with Gasteiger partial charge in [-0.25, -0.2) is 4.39 Å². The third kappa shape index (κ3) is 2.09. The normalized spacial score (nSPS) is 10.7. The summed E-state index contributed by atoms with van der Waals surface area (Å²) in [4.78, 5) is 4.43. The molecule has 0 amide bonds. The van der Waals surface area contributed by atoms with E-state index in [-0.39, 0.29) is 5.82 Å². The largest absolute Gasteiger partial charge is 0.260 e. The molecule has 0 radical (unpaired) electrons. The highest BCUT2D eigenvalue weighted by molar-refractivity contribution is 5.84. The molecule has 2 aromatic carbocycles. The van der Waals surface area contributed by atoms with Crippen molar-refractivity contribution in [3.8, 4) is 0 Å². The third-order valence-electron chi connectivity index (χ3n) is 3.04. The molecule has 1 nitrogen and oxygen atoms in total. The second-order valence-electron chi connectivity index (χ2n) is 4.28. The van der Waals surface area contributed by atoms with Crippen LogP contribution in [0.4, 0.5) is 4.39 Å². The monoisotopic (exact) mass is 237 g/mol. The lowest BCUT2D eigenvalue weighted by atomic mass is 10.0. The molecule has 3 rings (SSSR count). The van der Waals surface area contributed by atoms with Gasteiger partial charge in [-0.1, -0.05) is 36.4 Å². The number of rotatable bonds is 2. The second-order valence-corrected chi connectivity index (χ2v) is 4.28. The van der Waals surface area contributed by atoms with E-state index in [0.29, 0.717) is 0 Å². The summed E-state index contributed by atoms with van der Waals surface area (Å²) in [6.45, 7) is 0. The molecule has 0 aliphatic rings. The van der Waals surface area contributed by atoms with E-state index >= 15 is 0 Å². The summed E-state index contributed by atoms with van der Waals surface area (Å²) in [7, 11) is 0. The first kappa shape index (κ1) is 10.9. The quantitative estimate of drug-likeness (QED) is 0.657. The predicted molar refractivity (Wildman–Crippen MR) is 70.9 cm³/mol. The minimum atomic E-state index is -0.204. The molecule has 88 valence electrons. The van der Waals surface area contributed by atoms with Gasteiger partial charge in [0.1, 0.15) is 5.82 Å². The number of benzene rings is 2. The van der Waals surface area contributed by atoms with Gasteiger partial charge in [0.2, 0.25) is 0 Å². The van der Waals surface area contributed by atoms with Gasteiger partial charge < -0.3 is 0 Å². The van der Waals surface area contributed by atoms with Crippen LogP contribution < -0.4 is 0 Å². The molecule has 0 unspecified atom stereocenters. The average Bonchev–Trinajstić information content (AvgIpc) is 2.42. The maximum Gasteiger partial charge on any atom is 0.123 e. The van der Waals surface area contributed by atoms with E-state index in [1.54, 1.807) is 12.1 Å². The highest BCUT2D eigenvalue weighted by Gasteiger charge is 2.03. The van der Waals surface area contributed by atoms with Crippen LogP contribution in [0.1, 0.15) is 11.3 Å². The van der Waals surface area contributed by atoms with Crippen LogP contribution in [0.25, 0.3) is 10.8 Å². The summed E-state index contributed by atoms with van der Waals surface area (Å²) >= 11 is 0. The Labute approximate surface area is 105 Å². The Morgan fingerprint density at radius 1 is 0.889 bits per heavy atom. The maximum atomic E-state index is 12.9. The number of hydrogen-bond acceptors (Lipinski definition) is 1. The van der Waals surface area contributed by atoms with Crippen molar-refractivity contribution in [3.05, 3.63) is 77.9 Å². The van der Waals surface area contributed by atoms with E-state index < -0.39 is 0 Å². The summed E-state index contributed by atoms with van der Waals surface area (Å²) in [6, 6.07) is 16.8. The SMILES string of the molecule is Fc1ccc(Cc2nccc3ccccc23)cc1. The fraction of sp³-hybridized carbons (Fsp3) is 0.0625. The van der Waals surface area contributed by atoms with Crippen molar-refractivity contribution in [1.29, 1.82) is 0 Å². The van der Waals surface area contributed by atoms with Crippen molar-refractivity contribution in [2.45, 2.75) is 6.42 Å². The number of halogens is 1. The van der Waals surface area contributed by atoms with Crippen LogP contribution in [-0.4, -0.2) is 4.98 Å². The van der Waals surface area contributed by atoms with Crippen LogP contribution in [-0.2, 0) is 6.42 Å². The van der Waals surface area contributed by atoms with Crippen molar-refractivity contribution in [3.63, 3.8) is 0 Å². The first-order valence-electron chi connectivity index (χ1n) is 5.90. The van der Waals surface area contributed by atoms with Crippen LogP contribution in [0.2, 0.25) is 0 Å². The van der Waals surface area contributed by atoms with Crippen LogP contribution in [0.15, 0.2) is 60.8 Å². The van der Waals surface area contributed by atoms with Gasteiger partial charge >= 0.3 is 0 Å². The Balaban J connectivity index is 2.02. The lowest BCUT2D eigenvalue weighted by Crippen LogP contribution is -1.93. The number of pyridine rings is 1. The zero-order chi connectivity index (χ0) is 12.4. The summed E-state index contributed by atoms with van der Waals surface area (Å²) < 4.78 is 12.9. The van der Waals surface area contributed by atoms with Gasteiger partial charge in [0.25, 0.3) is 0 Å². The predicted octanol–water partition coefficient (Wildman–Crippen LogP) is 3.96. The Kier molecular flexibility index (Phi) is 2.77. The van der Waals surface area contributed by atoms with Gasteiger partial charge in [0.05, 0.1) is 5.69 Å². The first-order chi connectivity index (χ1) is 8.83. The lowest BCUT2D eigenvalue weighted by Gasteiger charge is -2.05. The molecular formula is C16H12FN. The van der Waals surface area contributed by atoms with Gasteiger partial charge in [-0.3, -0.25) is 4.98 Å². The molecule has 0 bridgehead atoms. The van der Waals surface area contributed by atoms with Gasteiger partial charge in [-0.2, -0.15) is 0 Å². The summed E-state index contributed by atoms with van der Waals surface area (Å²) in [6.07, 6.45) is 2.54. The van der Waals surface area contributed by atoms with Crippen molar-refractivity contribution in [2.75, 3.05) is 0 Å². The minimum Gasteiger partial charge on any atom is -0.260 e. The molecule has 1 aromatic heterocycles. The highest BCUT2D eigenvalue weighted by Crippen LogP contribution is 2.19. The molecule has 0 fully saturated rings. The van der Waals surface area contributed by atoms with Crippen molar-refractivity contribution < 1.29 is 4.39 Å². The number of aromatic nitrogens is 1. The van der Waals surface area contributed by atoms with Crippen LogP contribution in [0.5, 0.6) is 0 Å². The lowest BCUT2D eigenvalue weighted by molar-refractivity contribution is 0.627. The summed E-state index contributed by atoms with van der Waals surface area (Å²) in [5.41, 5.74) is 2.10. The molecule has 0 spiro atoms. The van der Waals surface area contributed by atoms with Crippen molar-refractivity contribution in [1.82, 2.24) is 4.98 Å². The zero-order valence-corrected chi connectivity index (χ0v) is 9.81. The van der Waals surface area contributed by atoms with Gasteiger partial charge in [-0.05, 0) is 29.1 Å². The molecule has 2 heteroatoms. The van der Waals surface area contributed by atoms with Crippen LogP contribution >= 0.6 is 0 Å². The molecular weight excluding hydrogens is 225 g/mol. The summed E-state index contributed by atoms with van der Waals surface area (Å²) in [5.74, 6) is -0.204. The molecule has 0 saturated heterocycles. The van der Waals surface area contributed by atoms with E-state index in [4.69, 9.17) is 0 Å². The van der Waals surface area contributed by atoms with Crippen molar-refractivity contribution >= 4 is 10.8 Å². The Bertz CT molecular complexity index is 669. The number of fused-ring (bicyclic) bond motifs is 1. The molecule has 0 aliphatic heterocycles. The Morgan fingerprint density at radius 3 is 2.50 bits per heavy atom. The summed E-state index contributed by atoms with van der Waals surface area (Å²) in [5, 5.41) is 2.34. The minimum absolute atomic E-state index is 0.204. The van der Waals surface area contributed by atoms with Crippen LogP contribution in [0.3, 0.4) is 0 Å². The van der Waals surface area contributed by atoms with Gasteiger partial charge in [0.15, 0.2) is 0 Å². The van der Waals surface area contributed by atoms with Gasteiger partial charge in [-0.15, -0.1) is 0 Å². The average molecular weight is 237 g/mol. The fourth-order valence-electron chi connectivity index (χ4n) is 2.12. The number of nitrogens with zero attached hydrogens (tertiary/aromatic N) is 1. The molecule has 0 aliphatic carbocycles.